The van der Waals surface area contributed by atoms with Gasteiger partial charge in [-0.05, 0) is 25.6 Å². The molecule has 1 aromatic carbocycles. The van der Waals surface area contributed by atoms with Gasteiger partial charge in [0.1, 0.15) is 0 Å². The second kappa shape index (κ2) is 6.37. The van der Waals surface area contributed by atoms with Crippen LogP contribution in [0.5, 0.6) is 0 Å². The minimum Gasteiger partial charge on any atom is -0.368 e. The third kappa shape index (κ3) is 3.26. The molecule has 0 atom stereocenters. The van der Waals surface area contributed by atoms with Crippen LogP contribution in [0.4, 0.5) is 5.69 Å². The van der Waals surface area contributed by atoms with Gasteiger partial charge in [-0.2, -0.15) is 0 Å². The van der Waals surface area contributed by atoms with E-state index in [4.69, 9.17) is 11.6 Å². The van der Waals surface area contributed by atoms with Crippen LogP contribution >= 0.6 is 22.9 Å². The van der Waals surface area contributed by atoms with Crippen LogP contribution in [-0.4, -0.2) is 19.1 Å². The van der Waals surface area contributed by atoms with Gasteiger partial charge in [0.2, 0.25) is 0 Å². The first-order chi connectivity index (χ1) is 9.13. The van der Waals surface area contributed by atoms with Gasteiger partial charge < -0.3 is 10.2 Å². The van der Waals surface area contributed by atoms with E-state index in [1.165, 1.54) is 10.4 Å². The highest BCUT2D eigenvalue weighted by atomic mass is 35.5. The first-order valence-corrected chi connectivity index (χ1v) is 7.41. The van der Waals surface area contributed by atoms with Crippen LogP contribution in [0.2, 0.25) is 5.02 Å². The number of para-hydroxylation sites is 1. The van der Waals surface area contributed by atoms with E-state index in [0.717, 1.165) is 29.5 Å². The summed E-state index contributed by atoms with van der Waals surface area (Å²) in [6.45, 7) is 3.68. The van der Waals surface area contributed by atoms with E-state index in [1.54, 1.807) is 11.3 Å². The lowest BCUT2D eigenvalue weighted by Crippen LogP contribution is -2.20. The standard InChI is InChI=1S/C14H18ClN3S/c1-10-13(19-9-17-10)8-18(3)14-11(7-16-2)5-4-6-12(14)15/h4-6,9,16H,7-8H2,1-3H3. The highest BCUT2D eigenvalue weighted by Gasteiger charge is 2.13. The number of hydrogen-bond acceptors (Lipinski definition) is 4. The molecule has 5 heteroatoms. The molecule has 0 spiro atoms. The molecule has 0 radical (unpaired) electrons. The molecule has 0 saturated carbocycles. The van der Waals surface area contributed by atoms with Crippen LogP contribution in [0.1, 0.15) is 16.1 Å². The zero-order valence-electron chi connectivity index (χ0n) is 11.4. The number of nitrogens with zero attached hydrogens (tertiary/aromatic N) is 2. The Morgan fingerprint density at radius 2 is 2.21 bits per heavy atom. The van der Waals surface area contributed by atoms with Crippen molar-refractivity contribution in [3.05, 3.63) is 44.9 Å². The van der Waals surface area contributed by atoms with E-state index >= 15 is 0 Å². The molecule has 0 fully saturated rings. The Morgan fingerprint density at radius 3 is 2.84 bits per heavy atom. The van der Waals surface area contributed by atoms with Crippen molar-refractivity contribution in [1.82, 2.24) is 10.3 Å². The van der Waals surface area contributed by atoms with Gasteiger partial charge in [0.25, 0.3) is 0 Å². The monoisotopic (exact) mass is 295 g/mol. The van der Waals surface area contributed by atoms with Crippen molar-refractivity contribution >= 4 is 28.6 Å². The summed E-state index contributed by atoms with van der Waals surface area (Å²) in [5, 5.41) is 3.97. The normalized spacial score (nSPS) is 10.7. The van der Waals surface area contributed by atoms with Crippen molar-refractivity contribution < 1.29 is 0 Å². The quantitative estimate of drug-likeness (QED) is 0.915. The fraction of sp³-hybridized carbons (Fsp3) is 0.357. The molecule has 0 bridgehead atoms. The van der Waals surface area contributed by atoms with Crippen molar-refractivity contribution in [2.24, 2.45) is 0 Å². The Morgan fingerprint density at radius 1 is 1.42 bits per heavy atom. The average molecular weight is 296 g/mol. The van der Waals surface area contributed by atoms with Crippen molar-refractivity contribution in [2.75, 3.05) is 19.0 Å². The summed E-state index contributed by atoms with van der Waals surface area (Å²) in [7, 11) is 4.01. The maximum Gasteiger partial charge on any atom is 0.0798 e. The number of benzene rings is 1. The van der Waals surface area contributed by atoms with Crippen LogP contribution in [0, 0.1) is 6.92 Å². The third-order valence-corrected chi connectivity index (χ3v) is 4.27. The topological polar surface area (TPSA) is 28.2 Å². The lowest BCUT2D eigenvalue weighted by atomic mass is 10.1. The van der Waals surface area contributed by atoms with Gasteiger partial charge in [-0.25, -0.2) is 4.98 Å². The Hall–Kier alpha value is -1.10. The maximum atomic E-state index is 6.36. The van der Waals surface area contributed by atoms with Crippen LogP contribution in [0.3, 0.4) is 0 Å². The van der Waals surface area contributed by atoms with E-state index in [0.29, 0.717) is 0 Å². The third-order valence-electron chi connectivity index (χ3n) is 3.04. The minimum absolute atomic E-state index is 0.789. The number of anilines is 1. The molecule has 0 aliphatic carbocycles. The highest BCUT2D eigenvalue weighted by molar-refractivity contribution is 7.09. The largest absolute Gasteiger partial charge is 0.368 e. The molecule has 1 aromatic heterocycles. The SMILES string of the molecule is CNCc1cccc(Cl)c1N(C)Cc1scnc1C. The number of thiazole rings is 1. The van der Waals surface area contributed by atoms with Crippen LogP contribution < -0.4 is 10.2 Å². The van der Waals surface area contributed by atoms with Gasteiger partial charge in [0.15, 0.2) is 0 Å². The number of rotatable bonds is 5. The molecule has 2 aromatic rings. The zero-order chi connectivity index (χ0) is 13.8. The van der Waals surface area contributed by atoms with E-state index < -0.39 is 0 Å². The molecule has 0 saturated heterocycles. The van der Waals surface area contributed by atoms with E-state index in [-0.39, 0.29) is 0 Å². The molecule has 102 valence electrons. The second-order valence-corrected chi connectivity index (χ2v) is 5.84. The van der Waals surface area contributed by atoms with E-state index in [1.807, 2.05) is 31.6 Å². The molecule has 0 aliphatic heterocycles. The molecule has 1 heterocycles. The first kappa shape index (κ1) is 14.3. The Balaban J connectivity index is 2.27. The Labute approximate surface area is 123 Å². The van der Waals surface area contributed by atoms with Gasteiger partial charge in [-0.15, -0.1) is 11.3 Å². The summed E-state index contributed by atoms with van der Waals surface area (Å²) >= 11 is 8.04. The molecule has 19 heavy (non-hydrogen) atoms. The van der Waals surface area contributed by atoms with Crippen molar-refractivity contribution in [3.8, 4) is 0 Å². The minimum atomic E-state index is 0.789. The fourth-order valence-corrected chi connectivity index (χ4v) is 3.26. The zero-order valence-corrected chi connectivity index (χ0v) is 13.0. The van der Waals surface area contributed by atoms with Gasteiger partial charge in [0.05, 0.1) is 28.5 Å². The number of aromatic nitrogens is 1. The Bertz CT molecular complexity index is 553. The second-order valence-electron chi connectivity index (χ2n) is 4.49. The number of aryl methyl sites for hydroxylation is 1. The van der Waals surface area contributed by atoms with Crippen molar-refractivity contribution in [2.45, 2.75) is 20.0 Å². The van der Waals surface area contributed by atoms with Gasteiger partial charge in [-0.1, -0.05) is 23.7 Å². The summed E-state index contributed by atoms with van der Waals surface area (Å²) in [4.78, 5) is 7.76. The van der Waals surface area contributed by atoms with E-state index in [9.17, 15) is 0 Å². The molecule has 0 unspecified atom stereocenters. The summed E-state index contributed by atoms with van der Waals surface area (Å²) in [6.07, 6.45) is 0. The summed E-state index contributed by atoms with van der Waals surface area (Å²) < 4.78 is 0. The average Bonchev–Trinajstić information content (AvgIpc) is 2.75. The summed E-state index contributed by atoms with van der Waals surface area (Å²) in [6, 6.07) is 6.03. The van der Waals surface area contributed by atoms with Gasteiger partial charge in [0, 0.05) is 18.5 Å². The van der Waals surface area contributed by atoms with Gasteiger partial charge in [-0.3, -0.25) is 0 Å². The molecular weight excluding hydrogens is 278 g/mol. The summed E-state index contributed by atoms with van der Waals surface area (Å²) in [5.41, 5.74) is 5.28. The molecular formula is C14H18ClN3S. The Kier molecular flexibility index (Phi) is 4.80. The van der Waals surface area contributed by atoms with E-state index in [2.05, 4.69) is 28.3 Å². The molecule has 2 rings (SSSR count). The van der Waals surface area contributed by atoms with Crippen LogP contribution in [-0.2, 0) is 13.1 Å². The predicted octanol–water partition coefficient (Wildman–Crippen LogP) is 3.46. The number of nitrogens with one attached hydrogen (secondary N) is 1. The fourth-order valence-electron chi connectivity index (χ4n) is 2.09. The van der Waals surface area contributed by atoms with Crippen molar-refractivity contribution in [3.63, 3.8) is 0 Å². The maximum absolute atomic E-state index is 6.36. The molecule has 1 N–H and O–H groups in total. The van der Waals surface area contributed by atoms with Gasteiger partial charge >= 0.3 is 0 Å². The smallest absolute Gasteiger partial charge is 0.0798 e. The number of hydrogen-bond donors (Lipinski definition) is 1. The lowest BCUT2D eigenvalue weighted by Gasteiger charge is -2.23. The molecule has 0 amide bonds. The first-order valence-electron chi connectivity index (χ1n) is 6.15. The van der Waals surface area contributed by atoms with Crippen molar-refractivity contribution in [1.29, 1.82) is 0 Å². The number of halogens is 1. The predicted molar refractivity (Wildman–Crippen MR) is 83.2 cm³/mol. The summed E-state index contributed by atoms with van der Waals surface area (Å²) in [5.74, 6) is 0. The van der Waals surface area contributed by atoms with Crippen LogP contribution in [0.25, 0.3) is 0 Å². The molecule has 0 aliphatic rings. The van der Waals surface area contributed by atoms with Crippen LogP contribution in [0.15, 0.2) is 23.7 Å². The molecule has 3 nitrogen and oxygen atoms in total. The lowest BCUT2D eigenvalue weighted by molar-refractivity contribution is 0.806. The highest BCUT2D eigenvalue weighted by Crippen LogP contribution is 2.31.